The van der Waals surface area contributed by atoms with Gasteiger partial charge in [-0.2, -0.15) is 0 Å². The molecule has 0 bridgehead atoms. The summed E-state index contributed by atoms with van der Waals surface area (Å²) in [6.45, 7) is 7.32. The number of unbranched alkanes of at least 4 members (excludes halogenated alkanes) is 3. The van der Waals surface area contributed by atoms with Gasteiger partial charge in [-0.3, -0.25) is 9.59 Å². The molecule has 0 aromatic heterocycles. The van der Waals surface area contributed by atoms with E-state index in [0.717, 1.165) is 19.6 Å². The maximum absolute atomic E-state index is 11.2. The zero-order chi connectivity index (χ0) is 14.5. The zero-order valence-electron chi connectivity index (χ0n) is 12.2. The van der Waals surface area contributed by atoms with Gasteiger partial charge in [0.05, 0.1) is 12.8 Å². The van der Waals surface area contributed by atoms with E-state index in [1.807, 2.05) is 0 Å². The predicted molar refractivity (Wildman–Crippen MR) is 74.1 cm³/mol. The Morgan fingerprint density at radius 3 is 2.37 bits per heavy atom. The maximum Gasteiger partial charge on any atom is 0.306 e. The molecule has 0 aliphatic heterocycles. The van der Waals surface area contributed by atoms with Gasteiger partial charge in [0.1, 0.15) is 6.61 Å². The van der Waals surface area contributed by atoms with Gasteiger partial charge in [0.2, 0.25) is 0 Å². The third-order valence-electron chi connectivity index (χ3n) is 2.99. The molecule has 0 spiro atoms. The van der Waals surface area contributed by atoms with E-state index in [2.05, 4.69) is 18.7 Å². The lowest BCUT2D eigenvalue weighted by molar-refractivity contribution is -0.148. The predicted octanol–water partition coefficient (Wildman–Crippen LogP) is 2.30. The molecule has 5 heteroatoms. The monoisotopic (exact) mass is 273 g/mol. The molecule has 0 radical (unpaired) electrons. The largest absolute Gasteiger partial charge is 0.481 e. The van der Waals surface area contributed by atoms with Gasteiger partial charge in [-0.1, -0.05) is 33.1 Å². The highest BCUT2D eigenvalue weighted by Gasteiger charge is 2.07. The van der Waals surface area contributed by atoms with E-state index in [0.29, 0.717) is 6.61 Å². The fourth-order valence-electron chi connectivity index (χ4n) is 1.76. The molecule has 0 unspecified atom stereocenters. The van der Waals surface area contributed by atoms with Crippen molar-refractivity contribution in [3.05, 3.63) is 0 Å². The first kappa shape index (κ1) is 17.9. The van der Waals surface area contributed by atoms with E-state index in [9.17, 15) is 9.59 Å². The summed E-state index contributed by atoms with van der Waals surface area (Å²) in [6.07, 6.45) is 4.71. The van der Waals surface area contributed by atoms with Crippen LogP contribution in [0.3, 0.4) is 0 Å². The molecule has 1 N–H and O–H groups in total. The van der Waals surface area contributed by atoms with Crippen molar-refractivity contribution in [3.8, 4) is 0 Å². The molecule has 0 aliphatic carbocycles. The Hall–Kier alpha value is -1.10. The number of hydrogen-bond donors (Lipinski definition) is 1. The second kappa shape index (κ2) is 12.0. The maximum atomic E-state index is 11.2. The molecule has 0 saturated heterocycles. The Labute approximate surface area is 115 Å². The molecule has 0 aliphatic rings. The lowest BCUT2D eigenvalue weighted by atomic mass is 10.2. The quantitative estimate of drug-likeness (QED) is 0.436. The van der Waals surface area contributed by atoms with Crippen LogP contribution in [0.15, 0.2) is 0 Å². The van der Waals surface area contributed by atoms with Crippen molar-refractivity contribution in [2.24, 2.45) is 0 Å². The van der Waals surface area contributed by atoms with Crippen molar-refractivity contribution in [1.82, 2.24) is 4.90 Å². The number of ether oxygens (including phenoxy) is 1. The number of esters is 1. The van der Waals surface area contributed by atoms with Crippen molar-refractivity contribution in [1.29, 1.82) is 0 Å². The summed E-state index contributed by atoms with van der Waals surface area (Å²) in [5, 5.41) is 8.44. The highest BCUT2D eigenvalue weighted by Crippen LogP contribution is 2.01. The summed E-state index contributed by atoms with van der Waals surface area (Å²) in [6, 6.07) is 0. The van der Waals surface area contributed by atoms with Gasteiger partial charge in [-0.25, -0.2) is 0 Å². The zero-order valence-corrected chi connectivity index (χ0v) is 12.2. The molecule has 0 fully saturated rings. The second-order valence-electron chi connectivity index (χ2n) is 4.61. The molecule has 0 aromatic rings. The van der Waals surface area contributed by atoms with Crippen molar-refractivity contribution in [2.75, 3.05) is 26.2 Å². The average molecular weight is 273 g/mol. The van der Waals surface area contributed by atoms with Crippen LogP contribution in [0, 0.1) is 0 Å². The van der Waals surface area contributed by atoms with Gasteiger partial charge in [0.25, 0.3) is 0 Å². The first-order valence-corrected chi connectivity index (χ1v) is 7.19. The van der Waals surface area contributed by atoms with Crippen LogP contribution in [0.1, 0.15) is 52.4 Å². The molecule has 5 nitrogen and oxygen atoms in total. The Kier molecular flexibility index (Phi) is 11.3. The first-order valence-electron chi connectivity index (χ1n) is 7.19. The van der Waals surface area contributed by atoms with E-state index in [4.69, 9.17) is 9.84 Å². The third kappa shape index (κ3) is 11.7. The van der Waals surface area contributed by atoms with E-state index >= 15 is 0 Å². The van der Waals surface area contributed by atoms with Crippen LogP contribution in [0.4, 0.5) is 0 Å². The van der Waals surface area contributed by atoms with Gasteiger partial charge < -0.3 is 14.7 Å². The summed E-state index contributed by atoms with van der Waals surface area (Å²) in [7, 11) is 0. The van der Waals surface area contributed by atoms with Crippen molar-refractivity contribution in [2.45, 2.75) is 52.4 Å². The first-order chi connectivity index (χ1) is 9.10. The third-order valence-corrected chi connectivity index (χ3v) is 2.99. The number of carbonyl (C=O) groups excluding carboxylic acids is 1. The SMILES string of the molecule is CCCCCCN(CC)CCOC(=O)CCC(=O)O. The smallest absolute Gasteiger partial charge is 0.306 e. The number of rotatable bonds is 12. The fraction of sp³-hybridized carbons (Fsp3) is 0.857. The van der Waals surface area contributed by atoms with Crippen LogP contribution < -0.4 is 0 Å². The van der Waals surface area contributed by atoms with Gasteiger partial charge in [-0.15, -0.1) is 0 Å². The number of carbonyl (C=O) groups is 2. The van der Waals surface area contributed by atoms with Crippen LogP contribution in [-0.4, -0.2) is 48.2 Å². The van der Waals surface area contributed by atoms with Crippen LogP contribution in [0.5, 0.6) is 0 Å². The summed E-state index contributed by atoms with van der Waals surface area (Å²) in [4.78, 5) is 23.8. The number of nitrogens with zero attached hydrogens (tertiary/aromatic N) is 1. The molecular weight excluding hydrogens is 246 g/mol. The van der Waals surface area contributed by atoms with E-state index < -0.39 is 11.9 Å². The number of aliphatic carboxylic acids is 1. The van der Waals surface area contributed by atoms with Gasteiger partial charge in [-0.05, 0) is 19.5 Å². The van der Waals surface area contributed by atoms with Crippen LogP contribution in [-0.2, 0) is 14.3 Å². The number of likely N-dealkylation sites (N-methyl/N-ethyl adjacent to an activating group) is 1. The Morgan fingerprint density at radius 2 is 1.79 bits per heavy atom. The molecule has 0 atom stereocenters. The molecule has 0 saturated carbocycles. The molecule has 0 amide bonds. The van der Waals surface area contributed by atoms with Gasteiger partial charge >= 0.3 is 11.9 Å². The van der Waals surface area contributed by atoms with Crippen LogP contribution in [0.2, 0.25) is 0 Å². The number of hydrogen-bond acceptors (Lipinski definition) is 4. The highest BCUT2D eigenvalue weighted by atomic mass is 16.5. The molecular formula is C14H27NO4. The van der Waals surface area contributed by atoms with Gasteiger partial charge in [0.15, 0.2) is 0 Å². The van der Waals surface area contributed by atoms with E-state index in [-0.39, 0.29) is 12.8 Å². The van der Waals surface area contributed by atoms with E-state index in [1.165, 1.54) is 25.7 Å². The minimum absolute atomic E-state index is 0.0437. The minimum Gasteiger partial charge on any atom is -0.481 e. The Bertz CT molecular complexity index is 256. The van der Waals surface area contributed by atoms with Crippen molar-refractivity contribution < 1.29 is 19.4 Å². The second-order valence-corrected chi connectivity index (χ2v) is 4.61. The Morgan fingerprint density at radius 1 is 1.05 bits per heavy atom. The summed E-state index contributed by atoms with van der Waals surface area (Å²) >= 11 is 0. The number of carboxylic acid groups (broad SMARTS) is 1. The summed E-state index contributed by atoms with van der Waals surface area (Å²) < 4.78 is 5.01. The lowest BCUT2D eigenvalue weighted by Crippen LogP contribution is -2.29. The Balaban J connectivity index is 3.59. The van der Waals surface area contributed by atoms with Crippen LogP contribution >= 0.6 is 0 Å². The molecule has 19 heavy (non-hydrogen) atoms. The van der Waals surface area contributed by atoms with Gasteiger partial charge in [0, 0.05) is 6.54 Å². The molecule has 0 rings (SSSR count). The summed E-state index contributed by atoms with van der Waals surface area (Å²) in [5.74, 6) is -1.40. The average Bonchev–Trinajstić information content (AvgIpc) is 2.39. The normalized spacial score (nSPS) is 10.7. The summed E-state index contributed by atoms with van der Waals surface area (Å²) in [5.41, 5.74) is 0. The number of carboxylic acids is 1. The topological polar surface area (TPSA) is 66.8 Å². The fourth-order valence-corrected chi connectivity index (χ4v) is 1.76. The molecule has 112 valence electrons. The highest BCUT2D eigenvalue weighted by molar-refractivity contribution is 5.76. The van der Waals surface area contributed by atoms with Crippen LogP contribution in [0.25, 0.3) is 0 Å². The lowest BCUT2D eigenvalue weighted by Gasteiger charge is -2.19. The van der Waals surface area contributed by atoms with Crippen molar-refractivity contribution >= 4 is 11.9 Å². The van der Waals surface area contributed by atoms with E-state index in [1.54, 1.807) is 0 Å². The molecule has 0 heterocycles. The molecule has 0 aromatic carbocycles. The minimum atomic E-state index is -0.969. The standard InChI is InChI=1S/C14H27NO4/c1-3-5-6-7-10-15(4-2)11-12-19-14(18)9-8-13(16)17/h3-12H2,1-2H3,(H,16,17). The van der Waals surface area contributed by atoms with Crippen molar-refractivity contribution in [3.63, 3.8) is 0 Å².